The van der Waals surface area contributed by atoms with Crippen molar-refractivity contribution in [3.8, 4) is 6.07 Å². The molecule has 1 aliphatic heterocycles. The van der Waals surface area contributed by atoms with Crippen molar-refractivity contribution in [2.75, 3.05) is 9.62 Å². The van der Waals surface area contributed by atoms with E-state index >= 15 is 0 Å². The van der Waals surface area contributed by atoms with Gasteiger partial charge in [0, 0.05) is 23.8 Å². The van der Waals surface area contributed by atoms with Crippen molar-refractivity contribution >= 4 is 27.3 Å². The molecule has 0 unspecified atom stereocenters. The zero-order chi connectivity index (χ0) is 21.6. The number of anilines is 2. The van der Waals surface area contributed by atoms with E-state index in [0.717, 1.165) is 24.1 Å². The molecule has 6 nitrogen and oxygen atoms in total. The van der Waals surface area contributed by atoms with Crippen molar-refractivity contribution in [1.82, 2.24) is 0 Å². The van der Waals surface area contributed by atoms with E-state index in [4.69, 9.17) is 5.26 Å². The molecule has 0 radical (unpaired) electrons. The van der Waals surface area contributed by atoms with Gasteiger partial charge in [0.15, 0.2) is 0 Å². The Labute approximate surface area is 182 Å². The standard InChI is InChI=1S/C24H25N3O3S/c25-15-17-2-4-18(5-3-17)16-31(29,30)26-20-7-8-22-19(12-20)6-9-23(28)27(22)21-13-24(14-21)10-1-11-24/h2-5,7-8,12,21,26H,1,6,9-11,13-14,16H2. The second-order valence-corrected chi connectivity index (χ2v) is 10.9. The van der Waals surface area contributed by atoms with Crippen LogP contribution in [0.1, 0.15) is 55.2 Å². The molecule has 2 aromatic carbocycles. The molecule has 5 rings (SSSR count). The third-order valence-electron chi connectivity index (χ3n) is 7.05. The second-order valence-electron chi connectivity index (χ2n) is 9.19. The lowest BCUT2D eigenvalue weighted by Gasteiger charge is -2.57. The van der Waals surface area contributed by atoms with Gasteiger partial charge in [-0.25, -0.2) is 8.42 Å². The second kappa shape index (κ2) is 7.38. The lowest BCUT2D eigenvalue weighted by atomic mass is 9.53. The fourth-order valence-corrected chi connectivity index (χ4v) is 6.49. The van der Waals surface area contributed by atoms with Crippen LogP contribution >= 0.6 is 0 Å². The van der Waals surface area contributed by atoms with Gasteiger partial charge >= 0.3 is 0 Å². The van der Waals surface area contributed by atoms with E-state index in [2.05, 4.69) is 4.72 Å². The Morgan fingerprint density at radius 3 is 2.48 bits per heavy atom. The topological polar surface area (TPSA) is 90.3 Å². The first-order valence-electron chi connectivity index (χ1n) is 10.8. The number of nitriles is 1. The molecule has 2 aliphatic carbocycles. The van der Waals surface area contributed by atoms with E-state index in [0.29, 0.717) is 35.1 Å². The monoisotopic (exact) mass is 435 g/mol. The smallest absolute Gasteiger partial charge is 0.236 e. The summed E-state index contributed by atoms with van der Waals surface area (Å²) in [6.45, 7) is 0. The van der Waals surface area contributed by atoms with Crippen molar-refractivity contribution in [3.63, 3.8) is 0 Å². The molecule has 2 saturated carbocycles. The quantitative estimate of drug-likeness (QED) is 0.765. The molecule has 0 saturated heterocycles. The molecule has 2 aromatic rings. The number of rotatable bonds is 5. The molecule has 0 aromatic heterocycles. The average Bonchev–Trinajstić information content (AvgIpc) is 2.67. The Balaban J connectivity index is 1.31. The molecule has 3 aliphatic rings. The summed E-state index contributed by atoms with van der Waals surface area (Å²) in [6.07, 6.45) is 7.18. The Morgan fingerprint density at radius 2 is 1.84 bits per heavy atom. The van der Waals surface area contributed by atoms with E-state index in [1.165, 1.54) is 19.3 Å². The molecule has 1 N–H and O–H groups in total. The Bertz CT molecular complexity index is 1170. The van der Waals surface area contributed by atoms with Gasteiger partial charge in [-0.15, -0.1) is 0 Å². The Hall–Kier alpha value is -2.85. The van der Waals surface area contributed by atoms with Crippen LogP contribution in [0.25, 0.3) is 0 Å². The first kappa shape index (κ1) is 20.1. The predicted molar refractivity (Wildman–Crippen MR) is 119 cm³/mol. The third kappa shape index (κ3) is 3.81. The van der Waals surface area contributed by atoms with Crippen LogP contribution in [0, 0.1) is 16.7 Å². The largest absolute Gasteiger partial charge is 0.309 e. The van der Waals surface area contributed by atoms with Gasteiger partial charge in [0.1, 0.15) is 0 Å². The van der Waals surface area contributed by atoms with E-state index in [9.17, 15) is 13.2 Å². The highest BCUT2D eigenvalue weighted by atomic mass is 32.2. The minimum atomic E-state index is -3.59. The number of hydrogen-bond donors (Lipinski definition) is 1. The molecule has 2 fully saturated rings. The zero-order valence-corrected chi connectivity index (χ0v) is 18.1. The van der Waals surface area contributed by atoms with Crippen LogP contribution in [0.4, 0.5) is 11.4 Å². The van der Waals surface area contributed by atoms with Crippen LogP contribution in [0.2, 0.25) is 0 Å². The minimum absolute atomic E-state index is 0.162. The van der Waals surface area contributed by atoms with Crippen molar-refractivity contribution in [2.45, 2.75) is 56.7 Å². The zero-order valence-electron chi connectivity index (χ0n) is 17.3. The van der Waals surface area contributed by atoms with Gasteiger partial charge in [-0.2, -0.15) is 5.26 Å². The Kier molecular flexibility index (Phi) is 4.78. The summed E-state index contributed by atoms with van der Waals surface area (Å²) in [7, 11) is -3.59. The maximum atomic E-state index is 12.7. The van der Waals surface area contributed by atoms with E-state index in [1.807, 2.05) is 23.1 Å². The number of carbonyl (C=O) groups excluding carboxylic acids is 1. The molecule has 1 spiro atoms. The van der Waals surface area contributed by atoms with E-state index in [-0.39, 0.29) is 17.7 Å². The normalized spacial score (nSPS) is 19.8. The summed E-state index contributed by atoms with van der Waals surface area (Å²) >= 11 is 0. The number of benzene rings is 2. The van der Waals surface area contributed by atoms with Crippen LogP contribution in [0.3, 0.4) is 0 Å². The molecule has 1 amide bonds. The van der Waals surface area contributed by atoms with E-state index in [1.54, 1.807) is 30.3 Å². The van der Waals surface area contributed by atoms with Gasteiger partial charge < -0.3 is 4.90 Å². The minimum Gasteiger partial charge on any atom is -0.309 e. The highest BCUT2D eigenvalue weighted by molar-refractivity contribution is 7.91. The maximum Gasteiger partial charge on any atom is 0.236 e. The molecular formula is C24H25N3O3S. The van der Waals surface area contributed by atoms with Gasteiger partial charge in [0.2, 0.25) is 15.9 Å². The lowest BCUT2D eigenvalue weighted by molar-refractivity contribution is -0.121. The summed E-state index contributed by atoms with van der Waals surface area (Å²) in [6, 6.07) is 14.3. The van der Waals surface area contributed by atoms with Crippen molar-refractivity contribution in [2.24, 2.45) is 5.41 Å². The highest BCUT2D eigenvalue weighted by Gasteiger charge is 2.51. The molecule has 0 atom stereocenters. The molecule has 0 bridgehead atoms. The first-order chi connectivity index (χ1) is 14.9. The maximum absolute atomic E-state index is 12.7. The number of amides is 1. The Morgan fingerprint density at radius 1 is 1.10 bits per heavy atom. The van der Waals surface area contributed by atoms with Crippen LogP contribution < -0.4 is 9.62 Å². The number of hydrogen-bond acceptors (Lipinski definition) is 4. The number of carbonyl (C=O) groups is 1. The summed E-state index contributed by atoms with van der Waals surface area (Å²) in [4.78, 5) is 14.6. The van der Waals surface area contributed by atoms with Gasteiger partial charge in [-0.1, -0.05) is 18.6 Å². The molecule has 7 heteroatoms. The number of nitrogens with zero attached hydrogens (tertiary/aromatic N) is 2. The molecule has 160 valence electrons. The molecule has 1 heterocycles. The SMILES string of the molecule is N#Cc1ccc(CS(=O)(=O)Nc2ccc3c(c2)CCC(=O)N3C2CC3(CCC3)C2)cc1. The van der Waals surface area contributed by atoms with Crippen molar-refractivity contribution in [1.29, 1.82) is 5.26 Å². The van der Waals surface area contributed by atoms with Crippen LogP contribution in [0.5, 0.6) is 0 Å². The third-order valence-corrected chi connectivity index (χ3v) is 8.31. The van der Waals surface area contributed by atoms with Crippen LogP contribution in [-0.4, -0.2) is 20.4 Å². The first-order valence-corrected chi connectivity index (χ1v) is 12.5. The summed E-state index contributed by atoms with van der Waals surface area (Å²) in [5, 5.41) is 8.88. The lowest BCUT2D eigenvalue weighted by Crippen LogP contribution is -2.56. The number of nitrogens with one attached hydrogen (secondary N) is 1. The van der Waals surface area contributed by atoms with E-state index < -0.39 is 10.0 Å². The fourth-order valence-electron chi connectivity index (χ4n) is 5.30. The van der Waals surface area contributed by atoms with Crippen molar-refractivity contribution < 1.29 is 13.2 Å². The summed E-state index contributed by atoms with van der Waals surface area (Å²) < 4.78 is 27.9. The van der Waals surface area contributed by atoms with Gasteiger partial charge in [-0.05, 0) is 79.0 Å². The predicted octanol–water partition coefficient (Wildman–Crippen LogP) is 4.11. The average molecular weight is 436 g/mol. The highest BCUT2D eigenvalue weighted by Crippen LogP contribution is 2.58. The summed E-state index contributed by atoms with van der Waals surface area (Å²) in [5.41, 5.74) is 4.08. The number of fused-ring (bicyclic) bond motifs is 1. The van der Waals surface area contributed by atoms with Gasteiger partial charge in [-0.3, -0.25) is 9.52 Å². The molecule has 31 heavy (non-hydrogen) atoms. The number of sulfonamides is 1. The van der Waals surface area contributed by atoms with Crippen molar-refractivity contribution in [3.05, 3.63) is 59.2 Å². The number of aryl methyl sites for hydroxylation is 1. The van der Waals surface area contributed by atoms with Crippen LogP contribution in [0.15, 0.2) is 42.5 Å². The summed E-state index contributed by atoms with van der Waals surface area (Å²) in [5.74, 6) is 0.0192. The van der Waals surface area contributed by atoms with Gasteiger partial charge in [0.05, 0.1) is 17.4 Å². The van der Waals surface area contributed by atoms with Crippen LogP contribution in [-0.2, 0) is 27.0 Å². The van der Waals surface area contributed by atoms with Gasteiger partial charge in [0.25, 0.3) is 0 Å². The molecular weight excluding hydrogens is 410 g/mol. The fraction of sp³-hybridized carbons (Fsp3) is 0.417.